The topological polar surface area (TPSA) is 59.1 Å². The van der Waals surface area contributed by atoms with Gasteiger partial charge in [-0.05, 0) is 50.7 Å². The van der Waals surface area contributed by atoms with E-state index in [1.807, 2.05) is 19.1 Å². The Kier molecular flexibility index (Phi) is 4.75. The number of hydrogen-bond acceptors (Lipinski definition) is 5. The van der Waals surface area contributed by atoms with Gasteiger partial charge in [0, 0.05) is 18.5 Å². The van der Waals surface area contributed by atoms with E-state index in [4.69, 9.17) is 9.47 Å². The molecule has 0 bridgehead atoms. The minimum absolute atomic E-state index is 0.0638. The van der Waals surface area contributed by atoms with E-state index in [-0.39, 0.29) is 16.9 Å². The number of likely N-dealkylation sites (tertiary alicyclic amines) is 1. The number of nitrogens with zero attached hydrogens (tertiary/aromatic N) is 2. The van der Waals surface area contributed by atoms with Crippen molar-refractivity contribution in [2.75, 3.05) is 38.7 Å². The smallest absolute Gasteiger partial charge is 0.264 e. The van der Waals surface area contributed by atoms with E-state index < -0.39 is 10.0 Å². The summed E-state index contributed by atoms with van der Waals surface area (Å²) in [6.45, 7) is 3.79. The van der Waals surface area contributed by atoms with Gasteiger partial charge in [0.25, 0.3) is 10.0 Å². The summed E-state index contributed by atoms with van der Waals surface area (Å²) in [5, 5.41) is 0. The van der Waals surface area contributed by atoms with Crippen LogP contribution in [0.5, 0.6) is 11.5 Å². The number of methoxy groups -OCH3 is 2. The normalized spacial score (nSPS) is 21.9. The molecule has 0 spiro atoms. The van der Waals surface area contributed by atoms with E-state index in [0.717, 1.165) is 36.3 Å². The van der Waals surface area contributed by atoms with Gasteiger partial charge in [-0.1, -0.05) is 17.7 Å². The molecular formula is C21H26N2O4S. The zero-order valence-corrected chi connectivity index (χ0v) is 17.5. The van der Waals surface area contributed by atoms with Gasteiger partial charge in [-0.2, -0.15) is 0 Å². The zero-order valence-electron chi connectivity index (χ0n) is 16.7. The first-order valence-corrected chi connectivity index (χ1v) is 10.9. The third-order valence-corrected chi connectivity index (χ3v) is 7.65. The molecule has 2 aromatic rings. The van der Waals surface area contributed by atoms with Crippen molar-refractivity contribution in [2.45, 2.75) is 30.2 Å². The van der Waals surface area contributed by atoms with E-state index in [2.05, 4.69) is 18.0 Å². The molecule has 4 rings (SSSR count). The van der Waals surface area contributed by atoms with Crippen LogP contribution in [-0.2, 0) is 10.0 Å². The second kappa shape index (κ2) is 6.97. The summed E-state index contributed by atoms with van der Waals surface area (Å²) in [6, 6.07) is 10.8. The Morgan fingerprint density at radius 3 is 2.50 bits per heavy atom. The maximum Gasteiger partial charge on any atom is 0.264 e. The van der Waals surface area contributed by atoms with Crippen LogP contribution in [0.3, 0.4) is 0 Å². The number of likely N-dealkylation sites (N-methyl/N-ethyl adjacent to an activating group) is 1. The van der Waals surface area contributed by atoms with Gasteiger partial charge in [-0.25, -0.2) is 8.42 Å². The molecule has 150 valence electrons. The first-order valence-electron chi connectivity index (χ1n) is 9.42. The minimum Gasteiger partial charge on any atom is -0.493 e. The quantitative estimate of drug-likeness (QED) is 0.787. The van der Waals surface area contributed by atoms with Gasteiger partial charge in [0.15, 0.2) is 11.5 Å². The lowest BCUT2D eigenvalue weighted by molar-refractivity contribution is 0.237. The van der Waals surface area contributed by atoms with E-state index in [9.17, 15) is 8.42 Å². The molecule has 0 aliphatic carbocycles. The number of rotatable bonds is 4. The number of fused-ring (bicyclic) bond motifs is 3. The van der Waals surface area contributed by atoms with Crippen LogP contribution in [0, 0.1) is 6.92 Å². The summed E-state index contributed by atoms with van der Waals surface area (Å²) >= 11 is 0. The molecule has 2 aromatic carbocycles. The van der Waals surface area contributed by atoms with E-state index in [1.54, 1.807) is 22.5 Å². The summed E-state index contributed by atoms with van der Waals surface area (Å²) in [6.07, 6.45) is 0.807. The van der Waals surface area contributed by atoms with Gasteiger partial charge < -0.3 is 14.4 Å². The van der Waals surface area contributed by atoms with Crippen molar-refractivity contribution < 1.29 is 17.9 Å². The number of sulfonamides is 1. The van der Waals surface area contributed by atoms with Crippen molar-refractivity contribution in [1.82, 2.24) is 4.90 Å². The van der Waals surface area contributed by atoms with Crippen molar-refractivity contribution in [3.05, 3.63) is 47.5 Å². The van der Waals surface area contributed by atoms with Crippen LogP contribution in [0.4, 0.5) is 5.69 Å². The van der Waals surface area contributed by atoms with Crippen molar-refractivity contribution in [3.8, 4) is 11.5 Å². The Hall–Kier alpha value is -2.25. The molecule has 0 N–H and O–H groups in total. The highest BCUT2D eigenvalue weighted by Crippen LogP contribution is 2.47. The maximum absolute atomic E-state index is 13.7. The molecule has 0 aromatic heterocycles. The second-order valence-electron chi connectivity index (χ2n) is 7.60. The lowest BCUT2D eigenvalue weighted by atomic mass is 9.89. The average molecular weight is 403 g/mol. The number of piperidine rings is 1. The van der Waals surface area contributed by atoms with Gasteiger partial charge in [0.1, 0.15) is 0 Å². The van der Waals surface area contributed by atoms with Crippen LogP contribution in [0.25, 0.3) is 0 Å². The summed E-state index contributed by atoms with van der Waals surface area (Å²) in [5.74, 6) is 1.10. The van der Waals surface area contributed by atoms with Crippen LogP contribution < -0.4 is 13.8 Å². The lowest BCUT2D eigenvalue weighted by Crippen LogP contribution is -2.47. The predicted molar refractivity (Wildman–Crippen MR) is 109 cm³/mol. The van der Waals surface area contributed by atoms with Gasteiger partial charge in [0.05, 0.1) is 30.8 Å². The summed E-state index contributed by atoms with van der Waals surface area (Å²) in [5.41, 5.74) is 3.07. The number of aryl methyl sites for hydroxylation is 1. The molecule has 2 heterocycles. The average Bonchev–Trinajstić information content (AvgIpc) is 3.00. The molecule has 0 saturated carbocycles. The molecule has 1 saturated heterocycles. The van der Waals surface area contributed by atoms with E-state index in [0.29, 0.717) is 11.5 Å². The Morgan fingerprint density at radius 1 is 1.04 bits per heavy atom. The molecule has 0 radical (unpaired) electrons. The van der Waals surface area contributed by atoms with Crippen LogP contribution >= 0.6 is 0 Å². The van der Waals surface area contributed by atoms with Crippen molar-refractivity contribution in [2.24, 2.45) is 0 Å². The second-order valence-corrected chi connectivity index (χ2v) is 9.42. The number of hydrogen-bond donors (Lipinski definition) is 0. The maximum atomic E-state index is 13.7. The van der Waals surface area contributed by atoms with E-state index in [1.165, 1.54) is 14.2 Å². The van der Waals surface area contributed by atoms with Crippen molar-refractivity contribution in [3.63, 3.8) is 0 Å². The Labute approximate surface area is 166 Å². The Morgan fingerprint density at radius 2 is 1.79 bits per heavy atom. The Bertz CT molecular complexity index is 1010. The molecule has 28 heavy (non-hydrogen) atoms. The molecule has 1 fully saturated rings. The van der Waals surface area contributed by atoms with Crippen LogP contribution in [0.2, 0.25) is 0 Å². The summed E-state index contributed by atoms with van der Waals surface area (Å²) in [4.78, 5) is 2.50. The predicted octanol–water partition coefficient (Wildman–Crippen LogP) is 3.01. The standard InChI is InChI=1S/C21H26N2O4S/c1-14-5-7-18-16(11-14)17-13-22(2)10-9-19(17)23(18)28(24,25)15-6-8-20(26-3)21(12-15)27-4/h5-8,11-12,17,19H,9-10,13H2,1-4H3/t17-,19-/m0/s1. The monoisotopic (exact) mass is 402 g/mol. The van der Waals surface area contributed by atoms with Crippen molar-refractivity contribution in [1.29, 1.82) is 0 Å². The largest absolute Gasteiger partial charge is 0.493 e. The molecule has 2 atom stereocenters. The number of anilines is 1. The highest BCUT2D eigenvalue weighted by atomic mass is 32.2. The van der Waals surface area contributed by atoms with Gasteiger partial charge in [0.2, 0.25) is 0 Å². The van der Waals surface area contributed by atoms with Crippen LogP contribution in [0.1, 0.15) is 23.5 Å². The minimum atomic E-state index is -3.73. The molecule has 2 aliphatic rings. The SMILES string of the molecule is COc1ccc(S(=O)(=O)N2c3ccc(C)cc3[C@@H]3CN(C)CC[C@@H]32)cc1OC. The first kappa shape index (κ1) is 19.1. The molecular weight excluding hydrogens is 376 g/mol. The van der Waals surface area contributed by atoms with Gasteiger partial charge in [-0.15, -0.1) is 0 Å². The number of benzene rings is 2. The first-order chi connectivity index (χ1) is 13.4. The molecule has 2 aliphatic heterocycles. The summed E-state index contributed by atoms with van der Waals surface area (Å²) in [7, 11) is 1.41. The zero-order chi connectivity index (χ0) is 20.1. The van der Waals surface area contributed by atoms with Gasteiger partial charge >= 0.3 is 0 Å². The molecule has 7 heteroatoms. The fourth-order valence-electron chi connectivity index (χ4n) is 4.44. The van der Waals surface area contributed by atoms with Gasteiger partial charge in [-0.3, -0.25) is 4.31 Å². The Balaban J connectivity index is 1.83. The highest BCUT2D eigenvalue weighted by molar-refractivity contribution is 7.92. The van der Waals surface area contributed by atoms with Crippen LogP contribution in [0.15, 0.2) is 41.3 Å². The van der Waals surface area contributed by atoms with Crippen LogP contribution in [-0.4, -0.2) is 53.7 Å². The fraction of sp³-hybridized carbons (Fsp3) is 0.429. The third-order valence-electron chi connectivity index (χ3n) is 5.81. The molecule has 0 unspecified atom stereocenters. The van der Waals surface area contributed by atoms with Crippen molar-refractivity contribution >= 4 is 15.7 Å². The molecule has 0 amide bonds. The number of ether oxygens (including phenoxy) is 2. The third kappa shape index (κ3) is 2.93. The lowest BCUT2D eigenvalue weighted by Gasteiger charge is -2.36. The highest BCUT2D eigenvalue weighted by Gasteiger charge is 2.46. The van der Waals surface area contributed by atoms with E-state index >= 15 is 0 Å². The fourth-order valence-corrected chi connectivity index (χ4v) is 6.19. The molecule has 6 nitrogen and oxygen atoms in total. The summed E-state index contributed by atoms with van der Waals surface area (Å²) < 4.78 is 39.6.